The van der Waals surface area contributed by atoms with Crippen LogP contribution in [0, 0.1) is 5.92 Å². The summed E-state index contributed by atoms with van der Waals surface area (Å²) >= 11 is 0. The smallest absolute Gasteiger partial charge is 0.240 e. The molecule has 1 aliphatic carbocycles. The van der Waals surface area contributed by atoms with Crippen LogP contribution in [-0.2, 0) is 4.79 Å². The fourth-order valence-corrected chi connectivity index (χ4v) is 2.52. The van der Waals surface area contributed by atoms with Gasteiger partial charge in [-0.3, -0.25) is 10.1 Å². The first-order valence-corrected chi connectivity index (χ1v) is 5.79. The van der Waals surface area contributed by atoms with Gasteiger partial charge in [0, 0.05) is 6.54 Å². The molecule has 3 heteroatoms. The normalized spacial score (nSPS) is 29.9. The number of rotatable bonds is 2. The molecule has 2 fully saturated rings. The Labute approximate surface area is 85.8 Å². The van der Waals surface area contributed by atoms with Crippen molar-refractivity contribution in [3.05, 3.63) is 0 Å². The molecule has 0 spiro atoms. The third-order valence-electron chi connectivity index (χ3n) is 3.47. The zero-order chi connectivity index (χ0) is 9.97. The van der Waals surface area contributed by atoms with Crippen LogP contribution in [0.5, 0.6) is 0 Å². The van der Waals surface area contributed by atoms with Crippen LogP contribution in [0.3, 0.4) is 0 Å². The topological polar surface area (TPSA) is 32.3 Å². The van der Waals surface area contributed by atoms with Crippen LogP contribution in [0.4, 0.5) is 0 Å². The fraction of sp³-hybridized carbons (Fsp3) is 0.909. The van der Waals surface area contributed by atoms with Gasteiger partial charge >= 0.3 is 0 Å². The number of nitrogens with zero attached hydrogens (tertiary/aromatic N) is 1. The summed E-state index contributed by atoms with van der Waals surface area (Å²) in [5.74, 6) is 1.05. The van der Waals surface area contributed by atoms with Gasteiger partial charge in [0.2, 0.25) is 5.91 Å². The van der Waals surface area contributed by atoms with Gasteiger partial charge in [-0.15, -0.1) is 0 Å². The van der Waals surface area contributed by atoms with E-state index >= 15 is 0 Å². The molecule has 1 saturated carbocycles. The minimum absolute atomic E-state index is 0.0404. The van der Waals surface area contributed by atoms with E-state index in [9.17, 15) is 4.79 Å². The summed E-state index contributed by atoms with van der Waals surface area (Å²) in [5, 5.41) is 3.19. The lowest BCUT2D eigenvalue weighted by atomic mass is 9.89. The number of amides is 1. The van der Waals surface area contributed by atoms with Crippen molar-refractivity contribution in [2.24, 2.45) is 5.92 Å². The average Bonchev–Trinajstić information content (AvgIpc) is 2.52. The summed E-state index contributed by atoms with van der Waals surface area (Å²) in [6.45, 7) is 3.69. The summed E-state index contributed by atoms with van der Waals surface area (Å²) in [4.78, 5) is 13.6. The highest BCUT2D eigenvalue weighted by Crippen LogP contribution is 2.24. The lowest BCUT2D eigenvalue weighted by molar-refractivity contribution is -0.129. The first-order chi connectivity index (χ1) is 6.77. The lowest BCUT2D eigenvalue weighted by Crippen LogP contribution is -2.33. The zero-order valence-electron chi connectivity index (χ0n) is 8.96. The molecule has 1 saturated heterocycles. The molecule has 1 heterocycles. The van der Waals surface area contributed by atoms with Crippen molar-refractivity contribution in [3.63, 3.8) is 0 Å². The van der Waals surface area contributed by atoms with Crippen molar-refractivity contribution >= 4 is 5.91 Å². The molecule has 1 aliphatic heterocycles. The van der Waals surface area contributed by atoms with Gasteiger partial charge in [0.1, 0.15) is 0 Å². The predicted octanol–water partition coefficient (Wildman–Crippen LogP) is 1.34. The van der Waals surface area contributed by atoms with Crippen molar-refractivity contribution < 1.29 is 4.79 Å². The Morgan fingerprint density at radius 2 is 2.07 bits per heavy atom. The molecular formula is C11H20N2O. The van der Waals surface area contributed by atoms with E-state index in [4.69, 9.17) is 0 Å². The van der Waals surface area contributed by atoms with E-state index in [0.29, 0.717) is 0 Å². The molecule has 0 aromatic carbocycles. The molecule has 2 rings (SSSR count). The van der Waals surface area contributed by atoms with Gasteiger partial charge in [-0.05, 0) is 25.7 Å². The van der Waals surface area contributed by atoms with E-state index in [2.05, 4.69) is 5.32 Å². The Morgan fingerprint density at radius 3 is 2.64 bits per heavy atom. The van der Waals surface area contributed by atoms with E-state index in [1.807, 2.05) is 11.8 Å². The maximum Gasteiger partial charge on any atom is 0.240 e. The molecular weight excluding hydrogens is 176 g/mol. The second-order valence-electron chi connectivity index (χ2n) is 4.65. The van der Waals surface area contributed by atoms with Gasteiger partial charge in [0.15, 0.2) is 0 Å². The molecule has 0 aromatic rings. The lowest BCUT2D eigenvalue weighted by Gasteiger charge is -2.26. The number of hydrogen-bond acceptors (Lipinski definition) is 2. The van der Waals surface area contributed by atoms with Crippen LogP contribution in [0.15, 0.2) is 0 Å². The van der Waals surface area contributed by atoms with Crippen LogP contribution < -0.4 is 5.32 Å². The Bertz CT molecular complexity index is 211. The quantitative estimate of drug-likeness (QED) is 0.723. The van der Waals surface area contributed by atoms with Gasteiger partial charge in [-0.25, -0.2) is 0 Å². The highest BCUT2D eigenvalue weighted by molar-refractivity contribution is 5.83. The van der Waals surface area contributed by atoms with E-state index in [0.717, 1.165) is 19.1 Å². The summed E-state index contributed by atoms with van der Waals surface area (Å²) < 4.78 is 0. The van der Waals surface area contributed by atoms with Crippen LogP contribution >= 0.6 is 0 Å². The molecule has 3 nitrogen and oxygen atoms in total. The van der Waals surface area contributed by atoms with Crippen LogP contribution in [0.1, 0.15) is 39.0 Å². The Balaban J connectivity index is 1.82. The number of nitrogens with one attached hydrogen (secondary N) is 1. The highest BCUT2D eigenvalue weighted by Gasteiger charge is 2.29. The van der Waals surface area contributed by atoms with Gasteiger partial charge in [-0.1, -0.05) is 19.3 Å². The Hall–Kier alpha value is -0.570. The molecule has 80 valence electrons. The Kier molecular flexibility index (Phi) is 3.06. The second kappa shape index (κ2) is 4.30. The molecule has 1 N–H and O–H groups in total. The van der Waals surface area contributed by atoms with Gasteiger partial charge in [0.25, 0.3) is 0 Å². The number of carbonyl (C=O) groups is 1. The molecule has 0 radical (unpaired) electrons. The molecule has 1 atom stereocenters. The SMILES string of the molecule is CC1NCN(CC2CCCCC2)C1=O. The molecule has 2 aliphatic rings. The number of carbonyl (C=O) groups excluding carboxylic acids is 1. The Morgan fingerprint density at radius 1 is 1.36 bits per heavy atom. The van der Waals surface area contributed by atoms with Crippen LogP contribution in [0.2, 0.25) is 0 Å². The van der Waals surface area contributed by atoms with Gasteiger partial charge in [0.05, 0.1) is 12.7 Å². The van der Waals surface area contributed by atoms with Crippen molar-refractivity contribution in [2.75, 3.05) is 13.2 Å². The second-order valence-corrected chi connectivity index (χ2v) is 4.65. The molecule has 14 heavy (non-hydrogen) atoms. The molecule has 0 aromatic heterocycles. The summed E-state index contributed by atoms with van der Waals surface area (Å²) in [7, 11) is 0. The summed E-state index contributed by atoms with van der Waals surface area (Å²) in [5.41, 5.74) is 0. The zero-order valence-corrected chi connectivity index (χ0v) is 8.96. The maximum atomic E-state index is 11.6. The van der Waals surface area contributed by atoms with E-state index in [-0.39, 0.29) is 11.9 Å². The number of hydrogen-bond donors (Lipinski definition) is 1. The first-order valence-electron chi connectivity index (χ1n) is 5.79. The maximum absolute atomic E-state index is 11.6. The van der Waals surface area contributed by atoms with Crippen LogP contribution in [0.25, 0.3) is 0 Å². The van der Waals surface area contributed by atoms with Crippen molar-refractivity contribution in [1.82, 2.24) is 10.2 Å². The third kappa shape index (κ3) is 2.08. The van der Waals surface area contributed by atoms with Crippen LogP contribution in [-0.4, -0.2) is 30.1 Å². The third-order valence-corrected chi connectivity index (χ3v) is 3.47. The molecule has 0 bridgehead atoms. The van der Waals surface area contributed by atoms with Crippen molar-refractivity contribution in [3.8, 4) is 0 Å². The molecule has 1 amide bonds. The highest BCUT2D eigenvalue weighted by atomic mass is 16.2. The predicted molar refractivity (Wildman–Crippen MR) is 55.8 cm³/mol. The van der Waals surface area contributed by atoms with Crippen molar-refractivity contribution in [1.29, 1.82) is 0 Å². The van der Waals surface area contributed by atoms with Gasteiger partial charge < -0.3 is 4.90 Å². The standard InChI is InChI=1S/C11H20N2O/c1-9-11(14)13(8-12-9)7-10-5-3-2-4-6-10/h9-10,12H,2-8H2,1H3. The van der Waals surface area contributed by atoms with Gasteiger partial charge in [-0.2, -0.15) is 0 Å². The molecule has 1 unspecified atom stereocenters. The minimum atomic E-state index is 0.0404. The van der Waals surface area contributed by atoms with Crippen molar-refractivity contribution in [2.45, 2.75) is 45.1 Å². The summed E-state index contributed by atoms with van der Waals surface area (Å²) in [6, 6.07) is 0.0404. The van der Waals surface area contributed by atoms with E-state index < -0.39 is 0 Å². The van der Waals surface area contributed by atoms with E-state index in [1.165, 1.54) is 32.1 Å². The average molecular weight is 196 g/mol. The minimum Gasteiger partial charge on any atom is -0.328 e. The fourth-order valence-electron chi connectivity index (χ4n) is 2.52. The monoisotopic (exact) mass is 196 g/mol. The largest absolute Gasteiger partial charge is 0.328 e. The van der Waals surface area contributed by atoms with E-state index in [1.54, 1.807) is 0 Å². The first kappa shape index (κ1) is 9.97. The summed E-state index contributed by atoms with van der Waals surface area (Å²) in [6.07, 6.45) is 6.74.